The molecule has 4 aromatic rings. The summed E-state index contributed by atoms with van der Waals surface area (Å²) in [6.45, 7) is 0. The standard InChI is InChI=1S/C23H14O4/c24-17-11-12-18-20-16(13-26-18)23(27-15-9-5-2-6-10-15)19(22(25)21(17)20)14-7-3-1-4-8-14/h1-13,25H. The maximum Gasteiger partial charge on any atom is 0.190 e. The van der Waals surface area contributed by atoms with Gasteiger partial charge >= 0.3 is 0 Å². The van der Waals surface area contributed by atoms with Crippen LogP contribution in [0, 0.1) is 0 Å². The summed E-state index contributed by atoms with van der Waals surface area (Å²) < 4.78 is 11.8. The lowest BCUT2D eigenvalue weighted by Gasteiger charge is -2.18. The van der Waals surface area contributed by atoms with Crippen LogP contribution >= 0.6 is 0 Å². The molecule has 0 unspecified atom stereocenters. The molecule has 1 aromatic heterocycles. The number of rotatable bonds is 3. The van der Waals surface area contributed by atoms with Gasteiger partial charge < -0.3 is 14.3 Å². The van der Waals surface area contributed by atoms with E-state index in [1.54, 1.807) is 12.3 Å². The van der Waals surface area contributed by atoms with Crippen LogP contribution in [-0.2, 0) is 0 Å². The number of phenolic OH excluding ortho intramolecular Hbond substituents is 1. The summed E-state index contributed by atoms with van der Waals surface area (Å²) in [5.74, 6) is 1.27. The molecule has 0 atom stereocenters. The quantitative estimate of drug-likeness (QED) is 0.504. The van der Waals surface area contributed by atoms with E-state index in [1.165, 1.54) is 6.08 Å². The van der Waals surface area contributed by atoms with Gasteiger partial charge in [0, 0.05) is 5.39 Å². The lowest BCUT2D eigenvalue weighted by Crippen LogP contribution is -2.03. The third kappa shape index (κ3) is 2.34. The molecule has 3 aromatic carbocycles. The van der Waals surface area contributed by atoms with Crippen LogP contribution in [0.5, 0.6) is 17.2 Å². The van der Waals surface area contributed by atoms with Crippen molar-refractivity contribution in [2.75, 3.05) is 0 Å². The summed E-state index contributed by atoms with van der Waals surface area (Å²) in [4.78, 5) is 12.5. The number of phenols is 1. The molecule has 4 nitrogen and oxygen atoms in total. The fourth-order valence-corrected chi connectivity index (χ4v) is 3.47. The number of benzene rings is 3. The minimum Gasteiger partial charge on any atom is -0.506 e. The Hall–Kier alpha value is -3.79. The number of ether oxygens (including phenoxy) is 1. The SMILES string of the molecule is O=C1C=Cc2occ3c(Oc4ccccc4)c(-c4ccccc4)c(O)c1c23. The first-order valence-corrected chi connectivity index (χ1v) is 8.55. The van der Waals surface area contributed by atoms with Crippen molar-refractivity contribution in [2.24, 2.45) is 0 Å². The molecule has 0 spiro atoms. The average Bonchev–Trinajstić information content (AvgIpc) is 3.13. The Bertz CT molecular complexity index is 1200. The molecular formula is C23H14O4. The highest BCUT2D eigenvalue weighted by Gasteiger charge is 2.29. The van der Waals surface area contributed by atoms with E-state index < -0.39 is 0 Å². The van der Waals surface area contributed by atoms with Crippen LogP contribution in [0.25, 0.3) is 28.0 Å². The van der Waals surface area contributed by atoms with Gasteiger partial charge in [-0.15, -0.1) is 0 Å². The summed E-state index contributed by atoms with van der Waals surface area (Å²) in [7, 11) is 0. The van der Waals surface area contributed by atoms with Crippen LogP contribution in [0.1, 0.15) is 16.1 Å². The molecule has 27 heavy (non-hydrogen) atoms. The molecule has 0 saturated carbocycles. The second-order valence-electron chi connectivity index (χ2n) is 6.30. The van der Waals surface area contributed by atoms with Gasteiger partial charge in [-0.1, -0.05) is 48.5 Å². The largest absolute Gasteiger partial charge is 0.506 e. The van der Waals surface area contributed by atoms with Gasteiger partial charge in [0.05, 0.1) is 16.5 Å². The third-order valence-corrected chi connectivity index (χ3v) is 4.67. The van der Waals surface area contributed by atoms with E-state index in [0.29, 0.717) is 33.6 Å². The van der Waals surface area contributed by atoms with Gasteiger partial charge in [-0.2, -0.15) is 0 Å². The Morgan fingerprint density at radius 3 is 2.30 bits per heavy atom. The zero-order valence-electron chi connectivity index (χ0n) is 14.2. The smallest absolute Gasteiger partial charge is 0.190 e. The molecule has 0 bridgehead atoms. The summed E-state index contributed by atoms with van der Waals surface area (Å²) in [5, 5.41) is 12.3. The van der Waals surface area contributed by atoms with Crippen molar-refractivity contribution in [1.29, 1.82) is 0 Å². The minimum atomic E-state index is -0.255. The summed E-state index contributed by atoms with van der Waals surface area (Å²) in [5.41, 5.74) is 1.47. The second-order valence-corrected chi connectivity index (χ2v) is 6.30. The van der Waals surface area contributed by atoms with Crippen molar-refractivity contribution < 1.29 is 19.1 Å². The lowest BCUT2D eigenvalue weighted by molar-refractivity contribution is 0.104. The van der Waals surface area contributed by atoms with E-state index >= 15 is 0 Å². The maximum atomic E-state index is 12.5. The van der Waals surface area contributed by atoms with E-state index in [2.05, 4.69) is 0 Å². The number of para-hydroxylation sites is 1. The fraction of sp³-hybridized carbons (Fsp3) is 0. The van der Waals surface area contributed by atoms with E-state index in [-0.39, 0.29) is 17.1 Å². The highest BCUT2D eigenvalue weighted by molar-refractivity contribution is 6.23. The van der Waals surface area contributed by atoms with Gasteiger partial charge in [0.2, 0.25) is 0 Å². The number of furan rings is 1. The topological polar surface area (TPSA) is 59.7 Å². The van der Waals surface area contributed by atoms with Crippen molar-refractivity contribution in [3.05, 3.63) is 84.3 Å². The van der Waals surface area contributed by atoms with Crippen LogP contribution < -0.4 is 4.74 Å². The van der Waals surface area contributed by atoms with Crippen molar-refractivity contribution in [3.8, 4) is 28.4 Å². The Kier molecular flexibility index (Phi) is 3.37. The van der Waals surface area contributed by atoms with Crippen LogP contribution in [0.2, 0.25) is 0 Å². The number of ketones is 1. The van der Waals surface area contributed by atoms with Crippen LogP contribution in [0.15, 0.2) is 77.4 Å². The molecule has 5 rings (SSSR count). The maximum absolute atomic E-state index is 12.5. The number of carbonyl (C=O) groups excluding carboxylic acids is 1. The molecule has 1 heterocycles. The molecule has 1 N–H and O–H groups in total. The molecule has 0 amide bonds. The second kappa shape index (κ2) is 5.88. The van der Waals surface area contributed by atoms with E-state index in [9.17, 15) is 9.90 Å². The molecule has 0 fully saturated rings. The van der Waals surface area contributed by atoms with Crippen LogP contribution in [0.3, 0.4) is 0 Å². The summed E-state index contributed by atoms with van der Waals surface area (Å²) >= 11 is 0. The van der Waals surface area contributed by atoms with Crippen LogP contribution in [0.4, 0.5) is 0 Å². The van der Waals surface area contributed by atoms with Crippen LogP contribution in [-0.4, -0.2) is 10.9 Å². The first-order valence-electron chi connectivity index (χ1n) is 8.55. The zero-order valence-corrected chi connectivity index (χ0v) is 14.2. The first-order chi connectivity index (χ1) is 13.2. The highest BCUT2D eigenvalue weighted by Crippen LogP contribution is 2.50. The van der Waals surface area contributed by atoms with Gasteiger partial charge in [0.15, 0.2) is 5.78 Å². The Balaban J connectivity index is 1.88. The van der Waals surface area contributed by atoms with Crippen molar-refractivity contribution in [2.45, 2.75) is 0 Å². The first kappa shape index (κ1) is 15.5. The number of allylic oxidation sites excluding steroid dienone is 1. The Labute approximate surface area is 154 Å². The summed E-state index contributed by atoms with van der Waals surface area (Å²) in [6, 6.07) is 18.7. The Morgan fingerprint density at radius 1 is 0.852 bits per heavy atom. The number of carbonyl (C=O) groups is 1. The molecule has 0 aliphatic heterocycles. The zero-order chi connectivity index (χ0) is 18.4. The van der Waals surface area contributed by atoms with Gasteiger partial charge in [-0.25, -0.2) is 0 Å². The highest BCUT2D eigenvalue weighted by atomic mass is 16.5. The normalized spacial score (nSPS) is 12.5. The molecule has 0 saturated heterocycles. The predicted molar refractivity (Wildman–Crippen MR) is 103 cm³/mol. The van der Waals surface area contributed by atoms with Crippen molar-refractivity contribution in [1.82, 2.24) is 0 Å². The number of hydrogen-bond acceptors (Lipinski definition) is 4. The van der Waals surface area contributed by atoms with Gasteiger partial charge in [-0.3, -0.25) is 4.79 Å². The van der Waals surface area contributed by atoms with Crippen molar-refractivity contribution in [3.63, 3.8) is 0 Å². The van der Waals surface area contributed by atoms with Gasteiger partial charge in [-0.05, 0) is 29.8 Å². The average molecular weight is 354 g/mol. The molecule has 130 valence electrons. The monoisotopic (exact) mass is 354 g/mol. The summed E-state index contributed by atoms with van der Waals surface area (Å²) in [6.07, 6.45) is 4.60. The van der Waals surface area contributed by atoms with E-state index in [0.717, 1.165) is 5.56 Å². The van der Waals surface area contributed by atoms with Gasteiger partial charge in [0.1, 0.15) is 29.3 Å². The van der Waals surface area contributed by atoms with E-state index in [1.807, 2.05) is 60.7 Å². The fourth-order valence-electron chi connectivity index (χ4n) is 3.47. The van der Waals surface area contributed by atoms with Gasteiger partial charge in [0.25, 0.3) is 0 Å². The van der Waals surface area contributed by atoms with E-state index in [4.69, 9.17) is 9.15 Å². The molecule has 4 heteroatoms. The predicted octanol–water partition coefficient (Wildman–Crippen LogP) is 5.81. The lowest BCUT2D eigenvalue weighted by atomic mass is 9.90. The van der Waals surface area contributed by atoms with Crippen molar-refractivity contribution >= 4 is 22.6 Å². The number of aromatic hydroxyl groups is 1. The molecule has 1 aliphatic carbocycles. The number of hydrogen-bond donors (Lipinski definition) is 1. The minimum absolute atomic E-state index is 0.100. The molecule has 1 aliphatic rings. The molecule has 0 radical (unpaired) electrons. The third-order valence-electron chi connectivity index (χ3n) is 4.67. The molecular weight excluding hydrogens is 340 g/mol. The Morgan fingerprint density at radius 2 is 1.56 bits per heavy atom.